The van der Waals surface area contributed by atoms with E-state index in [1.165, 1.54) is 0 Å². The summed E-state index contributed by atoms with van der Waals surface area (Å²) in [6.45, 7) is 0. The SMILES string of the molecule is N#Cc1cccc(OC2CCCC(=O)C2)c1. The van der Waals surface area contributed by atoms with Crippen LogP contribution in [0.5, 0.6) is 5.75 Å². The van der Waals surface area contributed by atoms with Gasteiger partial charge in [-0.3, -0.25) is 4.79 Å². The van der Waals surface area contributed by atoms with Gasteiger partial charge < -0.3 is 4.74 Å². The first-order valence-electron chi connectivity index (χ1n) is 5.46. The Morgan fingerprint density at radius 1 is 1.44 bits per heavy atom. The molecule has 0 radical (unpaired) electrons. The number of carbonyl (C=O) groups is 1. The Kier molecular flexibility index (Phi) is 3.21. The van der Waals surface area contributed by atoms with Crippen molar-refractivity contribution in [3.05, 3.63) is 29.8 Å². The molecule has 1 aromatic carbocycles. The topological polar surface area (TPSA) is 50.1 Å². The van der Waals surface area contributed by atoms with Gasteiger partial charge in [-0.2, -0.15) is 5.26 Å². The summed E-state index contributed by atoms with van der Waals surface area (Å²) in [7, 11) is 0. The van der Waals surface area contributed by atoms with E-state index in [2.05, 4.69) is 6.07 Å². The molecule has 0 spiro atoms. The number of benzene rings is 1. The molecule has 82 valence electrons. The number of nitriles is 1. The third-order valence-corrected chi connectivity index (χ3v) is 2.70. The van der Waals surface area contributed by atoms with Gasteiger partial charge in [-0.1, -0.05) is 6.07 Å². The largest absolute Gasteiger partial charge is 0.490 e. The van der Waals surface area contributed by atoms with Crippen molar-refractivity contribution in [2.75, 3.05) is 0 Å². The molecule has 3 heteroatoms. The van der Waals surface area contributed by atoms with Crippen LogP contribution in [0.2, 0.25) is 0 Å². The van der Waals surface area contributed by atoms with Crippen molar-refractivity contribution in [3.63, 3.8) is 0 Å². The highest BCUT2D eigenvalue weighted by Crippen LogP contribution is 2.22. The monoisotopic (exact) mass is 215 g/mol. The second-order valence-electron chi connectivity index (χ2n) is 4.01. The minimum Gasteiger partial charge on any atom is -0.490 e. The van der Waals surface area contributed by atoms with E-state index in [0.29, 0.717) is 24.2 Å². The number of ketones is 1. The minimum atomic E-state index is -0.0183. The van der Waals surface area contributed by atoms with E-state index in [1.807, 2.05) is 6.07 Å². The Morgan fingerprint density at radius 2 is 2.31 bits per heavy atom. The molecule has 1 atom stereocenters. The molecule has 1 aliphatic carbocycles. The summed E-state index contributed by atoms with van der Waals surface area (Å²) in [5, 5.41) is 8.75. The van der Waals surface area contributed by atoms with Crippen molar-refractivity contribution < 1.29 is 9.53 Å². The lowest BCUT2D eigenvalue weighted by atomic mass is 9.96. The summed E-state index contributed by atoms with van der Waals surface area (Å²) in [5.41, 5.74) is 0.583. The Labute approximate surface area is 94.6 Å². The number of hydrogen-bond donors (Lipinski definition) is 0. The van der Waals surface area contributed by atoms with E-state index < -0.39 is 0 Å². The van der Waals surface area contributed by atoms with Crippen molar-refractivity contribution in [1.82, 2.24) is 0 Å². The Bertz CT molecular complexity index is 434. The molecule has 0 N–H and O–H groups in total. The molecule has 0 heterocycles. The highest BCUT2D eigenvalue weighted by Gasteiger charge is 2.20. The van der Waals surface area contributed by atoms with Gasteiger partial charge in [0.25, 0.3) is 0 Å². The van der Waals surface area contributed by atoms with Crippen molar-refractivity contribution in [2.24, 2.45) is 0 Å². The van der Waals surface area contributed by atoms with Crippen LogP contribution in [0.3, 0.4) is 0 Å². The van der Waals surface area contributed by atoms with Crippen LogP contribution >= 0.6 is 0 Å². The molecule has 1 fully saturated rings. The fraction of sp³-hybridized carbons (Fsp3) is 0.385. The summed E-state index contributed by atoms with van der Waals surface area (Å²) < 4.78 is 5.70. The Hall–Kier alpha value is -1.82. The van der Waals surface area contributed by atoms with Crippen LogP contribution in [0.1, 0.15) is 31.2 Å². The predicted molar refractivity (Wildman–Crippen MR) is 59.0 cm³/mol. The number of nitrogens with zero attached hydrogens (tertiary/aromatic N) is 1. The molecular weight excluding hydrogens is 202 g/mol. The second-order valence-corrected chi connectivity index (χ2v) is 4.01. The smallest absolute Gasteiger partial charge is 0.136 e. The van der Waals surface area contributed by atoms with Gasteiger partial charge in [-0.05, 0) is 31.0 Å². The molecule has 0 aliphatic heterocycles. The zero-order chi connectivity index (χ0) is 11.4. The van der Waals surface area contributed by atoms with Gasteiger partial charge in [0, 0.05) is 12.8 Å². The first-order valence-corrected chi connectivity index (χ1v) is 5.46. The van der Waals surface area contributed by atoms with Gasteiger partial charge in [0.15, 0.2) is 0 Å². The van der Waals surface area contributed by atoms with E-state index >= 15 is 0 Å². The quantitative estimate of drug-likeness (QED) is 0.761. The molecule has 1 aromatic rings. The van der Waals surface area contributed by atoms with Crippen LogP contribution < -0.4 is 4.74 Å². The summed E-state index contributed by atoms with van der Waals surface area (Å²) in [5.74, 6) is 0.950. The zero-order valence-electron chi connectivity index (χ0n) is 8.98. The fourth-order valence-corrected chi connectivity index (χ4v) is 1.92. The maximum absolute atomic E-state index is 11.3. The fourth-order valence-electron chi connectivity index (χ4n) is 1.92. The molecule has 1 saturated carbocycles. The molecule has 0 saturated heterocycles. The van der Waals surface area contributed by atoms with Crippen LogP contribution in [0, 0.1) is 11.3 Å². The molecule has 2 rings (SSSR count). The van der Waals surface area contributed by atoms with Crippen molar-refractivity contribution >= 4 is 5.78 Å². The van der Waals surface area contributed by atoms with E-state index in [9.17, 15) is 4.79 Å². The Balaban J connectivity index is 2.03. The summed E-state index contributed by atoms with van der Waals surface area (Å²) >= 11 is 0. The number of rotatable bonds is 2. The first-order chi connectivity index (χ1) is 7.78. The lowest BCUT2D eigenvalue weighted by Crippen LogP contribution is -2.25. The number of carbonyl (C=O) groups excluding carboxylic acids is 1. The lowest BCUT2D eigenvalue weighted by Gasteiger charge is -2.22. The van der Waals surface area contributed by atoms with Crippen LogP contribution in [0.4, 0.5) is 0 Å². The molecule has 0 bridgehead atoms. The standard InChI is InChI=1S/C13H13NO2/c14-9-10-3-1-5-12(7-10)16-13-6-2-4-11(15)8-13/h1,3,5,7,13H,2,4,6,8H2. The van der Waals surface area contributed by atoms with Gasteiger partial charge >= 0.3 is 0 Å². The van der Waals surface area contributed by atoms with Gasteiger partial charge in [0.1, 0.15) is 17.6 Å². The minimum absolute atomic E-state index is 0.0183. The van der Waals surface area contributed by atoms with Crippen LogP contribution in [-0.4, -0.2) is 11.9 Å². The average molecular weight is 215 g/mol. The number of hydrogen-bond acceptors (Lipinski definition) is 3. The molecule has 0 aromatic heterocycles. The second kappa shape index (κ2) is 4.80. The van der Waals surface area contributed by atoms with Crippen molar-refractivity contribution in [1.29, 1.82) is 5.26 Å². The van der Waals surface area contributed by atoms with Crippen LogP contribution in [0.25, 0.3) is 0 Å². The third-order valence-electron chi connectivity index (χ3n) is 2.70. The lowest BCUT2D eigenvalue weighted by molar-refractivity contribution is -0.122. The summed E-state index contributed by atoms with van der Waals surface area (Å²) in [6, 6.07) is 9.12. The molecular formula is C13H13NO2. The van der Waals surface area contributed by atoms with E-state index in [-0.39, 0.29) is 11.9 Å². The highest BCUT2D eigenvalue weighted by atomic mass is 16.5. The van der Waals surface area contributed by atoms with Gasteiger partial charge in [-0.15, -0.1) is 0 Å². The maximum atomic E-state index is 11.3. The third kappa shape index (κ3) is 2.60. The first kappa shape index (κ1) is 10.7. The average Bonchev–Trinajstić information content (AvgIpc) is 2.29. The summed E-state index contributed by atoms with van der Waals surface area (Å²) in [6.07, 6.45) is 2.98. The normalized spacial score (nSPS) is 20.2. The molecule has 1 unspecified atom stereocenters. The highest BCUT2D eigenvalue weighted by molar-refractivity contribution is 5.79. The van der Waals surface area contributed by atoms with Crippen LogP contribution in [-0.2, 0) is 4.79 Å². The van der Waals surface area contributed by atoms with Gasteiger partial charge in [0.05, 0.1) is 11.6 Å². The molecule has 3 nitrogen and oxygen atoms in total. The Morgan fingerprint density at radius 3 is 3.06 bits per heavy atom. The summed E-state index contributed by atoms with van der Waals surface area (Å²) in [4.78, 5) is 11.3. The van der Waals surface area contributed by atoms with Crippen LogP contribution in [0.15, 0.2) is 24.3 Å². The molecule has 1 aliphatic rings. The van der Waals surface area contributed by atoms with Gasteiger partial charge in [-0.25, -0.2) is 0 Å². The van der Waals surface area contributed by atoms with E-state index in [1.54, 1.807) is 18.2 Å². The van der Waals surface area contributed by atoms with Crippen molar-refractivity contribution in [3.8, 4) is 11.8 Å². The zero-order valence-corrected chi connectivity index (χ0v) is 8.98. The van der Waals surface area contributed by atoms with Crippen molar-refractivity contribution in [2.45, 2.75) is 31.8 Å². The number of ether oxygens (including phenoxy) is 1. The number of Topliss-reactive ketones (excluding diaryl/α,β-unsaturated/α-hetero) is 1. The molecule has 16 heavy (non-hydrogen) atoms. The predicted octanol–water partition coefficient (Wildman–Crippen LogP) is 2.45. The van der Waals surface area contributed by atoms with E-state index in [4.69, 9.17) is 10.00 Å². The molecule has 0 amide bonds. The maximum Gasteiger partial charge on any atom is 0.136 e. The van der Waals surface area contributed by atoms with Gasteiger partial charge in [0.2, 0.25) is 0 Å². The van der Waals surface area contributed by atoms with E-state index in [0.717, 1.165) is 12.8 Å².